The third-order valence-electron chi connectivity index (χ3n) is 4.08. The summed E-state index contributed by atoms with van der Waals surface area (Å²) >= 11 is 5.40. The first kappa shape index (κ1) is 18.4. The Morgan fingerprint density at radius 2 is 1.50 bits per heavy atom. The number of rotatable bonds is 8. The van der Waals surface area contributed by atoms with Gasteiger partial charge in [0.1, 0.15) is 0 Å². The van der Waals surface area contributed by atoms with E-state index in [0.717, 1.165) is 31.0 Å². The van der Waals surface area contributed by atoms with Crippen LogP contribution < -0.4 is 10.6 Å². The second kappa shape index (κ2) is 10.1. The van der Waals surface area contributed by atoms with E-state index in [-0.39, 0.29) is 0 Å². The number of thiocarbonyl (C=S) groups is 1. The van der Waals surface area contributed by atoms with Crippen LogP contribution in [0.4, 0.5) is 0 Å². The van der Waals surface area contributed by atoms with Crippen LogP contribution in [0, 0.1) is 0 Å². The Bertz CT molecular complexity index is 599. The molecule has 3 nitrogen and oxygen atoms in total. The summed E-state index contributed by atoms with van der Waals surface area (Å²) in [6.45, 7) is 1.68. The lowest BCUT2D eigenvalue weighted by molar-refractivity contribution is 0.291. The van der Waals surface area contributed by atoms with Crippen LogP contribution in [0.5, 0.6) is 0 Å². The van der Waals surface area contributed by atoms with E-state index >= 15 is 0 Å². The van der Waals surface area contributed by atoms with Gasteiger partial charge in [-0.05, 0) is 50.3 Å². The lowest BCUT2D eigenvalue weighted by atomic mass is 10.1. The molecule has 0 spiro atoms. The average Bonchev–Trinajstić information content (AvgIpc) is 2.60. The molecular weight excluding hydrogens is 314 g/mol. The Balaban J connectivity index is 1.72. The van der Waals surface area contributed by atoms with Gasteiger partial charge in [-0.2, -0.15) is 0 Å². The number of hydrogen-bond acceptors (Lipinski definition) is 2. The van der Waals surface area contributed by atoms with Crippen LogP contribution >= 0.6 is 12.2 Å². The summed E-state index contributed by atoms with van der Waals surface area (Å²) < 4.78 is 0. The maximum Gasteiger partial charge on any atom is 0.166 e. The molecule has 0 radical (unpaired) electrons. The Kier molecular flexibility index (Phi) is 7.72. The van der Waals surface area contributed by atoms with Crippen molar-refractivity contribution >= 4 is 17.3 Å². The highest BCUT2D eigenvalue weighted by molar-refractivity contribution is 7.80. The van der Waals surface area contributed by atoms with Crippen LogP contribution in [0.15, 0.2) is 60.7 Å². The van der Waals surface area contributed by atoms with Gasteiger partial charge in [-0.25, -0.2) is 0 Å². The molecule has 1 atom stereocenters. The van der Waals surface area contributed by atoms with Crippen molar-refractivity contribution in [2.75, 3.05) is 27.2 Å². The summed E-state index contributed by atoms with van der Waals surface area (Å²) in [5, 5.41) is 7.37. The molecule has 0 bridgehead atoms. The fraction of sp³-hybridized carbons (Fsp3) is 0.350. The van der Waals surface area contributed by atoms with Crippen molar-refractivity contribution in [1.29, 1.82) is 0 Å². The molecule has 0 aliphatic rings. The second-order valence-electron chi connectivity index (χ2n) is 6.18. The molecule has 24 heavy (non-hydrogen) atoms. The third kappa shape index (κ3) is 6.69. The van der Waals surface area contributed by atoms with Crippen molar-refractivity contribution in [3.05, 3.63) is 71.8 Å². The standard InChI is InChI=1S/C20H27N3S/c1-23(2)19(15-18-11-7-4-8-12-18)16-22-20(24)21-14-13-17-9-5-3-6-10-17/h3-12,19H,13-16H2,1-2H3,(H2,21,22,24)/t19-/m1/s1. The van der Waals surface area contributed by atoms with Crippen molar-refractivity contribution < 1.29 is 0 Å². The molecule has 128 valence electrons. The molecule has 0 heterocycles. The largest absolute Gasteiger partial charge is 0.362 e. The van der Waals surface area contributed by atoms with E-state index in [0.29, 0.717) is 6.04 Å². The topological polar surface area (TPSA) is 27.3 Å². The molecule has 2 rings (SSSR count). The molecule has 4 heteroatoms. The average molecular weight is 342 g/mol. The van der Waals surface area contributed by atoms with E-state index in [2.05, 4.69) is 84.2 Å². The fourth-order valence-electron chi connectivity index (χ4n) is 2.56. The summed E-state index contributed by atoms with van der Waals surface area (Å²) in [6.07, 6.45) is 1.98. The predicted octanol–water partition coefficient (Wildman–Crippen LogP) is 2.87. The number of hydrogen-bond donors (Lipinski definition) is 2. The van der Waals surface area contributed by atoms with Gasteiger partial charge in [0.05, 0.1) is 0 Å². The number of likely N-dealkylation sites (N-methyl/N-ethyl adjacent to an activating group) is 1. The Morgan fingerprint density at radius 1 is 0.917 bits per heavy atom. The van der Waals surface area contributed by atoms with E-state index in [9.17, 15) is 0 Å². The molecule has 0 aromatic heterocycles. The highest BCUT2D eigenvalue weighted by Gasteiger charge is 2.12. The number of nitrogens with zero attached hydrogens (tertiary/aromatic N) is 1. The predicted molar refractivity (Wildman–Crippen MR) is 106 cm³/mol. The lowest BCUT2D eigenvalue weighted by Crippen LogP contribution is -2.45. The molecule has 2 aromatic rings. The smallest absolute Gasteiger partial charge is 0.166 e. The summed E-state index contributed by atoms with van der Waals surface area (Å²) in [4.78, 5) is 2.24. The second-order valence-corrected chi connectivity index (χ2v) is 6.59. The van der Waals surface area contributed by atoms with Crippen LogP contribution in [0.3, 0.4) is 0 Å². The molecule has 0 saturated heterocycles. The maximum absolute atomic E-state index is 5.40. The highest BCUT2D eigenvalue weighted by Crippen LogP contribution is 2.06. The molecule has 0 saturated carbocycles. The monoisotopic (exact) mass is 341 g/mol. The van der Waals surface area contributed by atoms with Gasteiger partial charge in [0.25, 0.3) is 0 Å². The molecule has 0 unspecified atom stereocenters. The number of benzene rings is 2. The van der Waals surface area contributed by atoms with Gasteiger partial charge < -0.3 is 15.5 Å². The minimum atomic E-state index is 0.404. The van der Waals surface area contributed by atoms with Gasteiger partial charge in [-0.3, -0.25) is 0 Å². The van der Waals surface area contributed by atoms with Crippen molar-refractivity contribution in [3.63, 3.8) is 0 Å². The molecule has 0 fully saturated rings. The van der Waals surface area contributed by atoms with Gasteiger partial charge in [-0.1, -0.05) is 60.7 Å². The Labute approximate surface area is 151 Å². The van der Waals surface area contributed by atoms with Gasteiger partial charge in [0, 0.05) is 19.1 Å². The first-order valence-electron chi connectivity index (χ1n) is 8.41. The van der Waals surface area contributed by atoms with Gasteiger partial charge in [0.15, 0.2) is 5.11 Å². The maximum atomic E-state index is 5.40. The van der Waals surface area contributed by atoms with Crippen molar-refractivity contribution in [2.24, 2.45) is 0 Å². The van der Waals surface area contributed by atoms with E-state index in [1.807, 2.05) is 6.07 Å². The highest BCUT2D eigenvalue weighted by atomic mass is 32.1. The zero-order valence-electron chi connectivity index (χ0n) is 14.5. The number of nitrogens with one attached hydrogen (secondary N) is 2. The van der Waals surface area contributed by atoms with Crippen molar-refractivity contribution in [1.82, 2.24) is 15.5 Å². The quantitative estimate of drug-likeness (QED) is 0.722. The molecule has 0 aliphatic heterocycles. The van der Waals surface area contributed by atoms with Crippen LogP contribution in [-0.4, -0.2) is 43.2 Å². The summed E-state index contributed by atoms with van der Waals surface area (Å²) in [5.74, 6) is 0. The van der Waals surface area contributed by atoms with Crippen LogP contribution in [0.2, 0.25) is 0 Å². The van der Waals surface area contributed by atoms with E-state index in [4.69, 9.17) is 12.2 Å². The summed E-state index contributed by atoms with van der Waals surface area (Å²) in [5.41, 5.74) is 2.67. The first-order valence-corrected chi connectivity index (χ1v) is 8.82. The normalized spacial score (nSPS) is 12.0. The van der Waals surface area contributed by atoms with Gasteiger partial charge in [-0.15, -0.1) is 0 Å². The Hall–Kier alpha value is -1.91. The van der Waals surface area contributed by atoms with Crippen LogP contribution in [-0.2, 0) is 12.8 Å². The molecule has 2 N–H and O–H groups in total. The zero-order chi connectivity index (χ0) is 17.2. The molecule has 0 amide bonds. The van der Waals surface area contributed by atoms with Gasteiger partial charge >= 0.3 is 0 Å². The SMILES string of the molecule is CN(C)[C@@H](CNC(=S)NCCc1ccccc1)Cc1ccccc1. The molecular formula is C20H27N3S. The third-order valence-corrected chi connectivity index (χ3v) is 4.37. The van der Waals surface area contributed by atoms with Crippen molar-refractivity contribution in [2.45, 2.75) is 18.9 Å². The van der Waals surface area contributed by atoms with Gasteiger partial charge in [0.2, 0.25) is 0 Å². The summed E-state index contributed by atoms with van der Waals surface area (Å²) in [7, 11) is 4.22. The minimum Gasteiger partial charge on any atom is -0.362 e. The molecule has 2 aromatic carbocycles. The van der Waals surface area contributed by atoms with Crippen LogP contribution in [0.25, 0.3) is 0 Å². The van der Waals surface area contributed by atoms with Crippen LogP contribution in [0.1, 0.15) is 11.1 Å². The summed E-state index contributed by atoms with van der Waals surface area (Å²) in [6, 6.07) is 21.4. The van der Waals surface area contributed by atoms with E-state index in [1.165, 1.54) is 11.1 Å². The fourth-order valence-corrected chi connectivity index (χ4v) is 2.75. The molecule has 0 aliphatic carbocycles. The van der Waals surface area contributed by atoms with E-state index < -0.39 is 0 Å². The Morgan fingerprint density at radius 3 is 2.08 bits per heavy atom. The van der Waals surface area contributed by atoms with E-state index in [1.54, 1.807) is 0 Å². The first-order chi connectivity index (χ1) is 11.6. The zero-order valence-corrected chi connectivity index (χ0v) is 15.4. The minimum absolute atomic E-state index is 0.404. The lowest BCUT2D eigenvalue weighted by Gasteiger charge is -2.25. The van der Waals surface area contributed by atoms with Crippen molar-refractivity contribution in [3.8, 4) is 0 Å².